The monoisotopic (exact) mass is 414 g/mol. The second-order valence-corrected chi connectivity index (χ2v) is 7.76. The number of amides is 1. The Morgan fingerprint density at radius 1 is 1.06 bits per heavy atom. The van der Waals surface area contributed by atoms with Crippen molar-refractivity contribution in [3.05, 3.63) is 88.0 Å². The third-order valence-electron chi connectivity index (χ3n) is 5.76. The van der Waals surface area contributed by atoms with E-state index in [4.69, 9.17) is 0 Å². The molecule has 0 saturated heterocycles. The SMILES string of the molecule is O=C(Cn1ccn2nc(-c3ccccc3)c(CO)c2c1=O)Nc1ccc2c(c1)CCC2. The van der Waals surface area contributed by atoms with Crippen molar-refractivity contribution in [3.63, 3.8) is 0 Å². The summed E-state index contributed by atoms with van der Waals surface area (Å²) in [6.45, 7) is -0.447. The molecule has 2 aromatic heterocycles. The van der Waals surface area contributed by atoms with Crippen LogP contribution < -0.4 is 10.9 Å². The molecule has 156 valence electrons. The Kier molecular flexibility index (Phi) is 4.88. The predicted octanol–water partition coefficient (Wildman–Crippen LogP) is 2.78. The molecule has 31 heavy (non-hydrogen) atoms. The Bertz CT molecular complexity index is 1340. The van der Waals surface area contributed by atoms with E-state index in [1.165, 1.54) is 20.2 Å². The Morgan fingerprint density at radius 3 is 2.68 bits per heavy atom. The number of rotatable bonds is 5. The van der Waals surface area contributed by atoms with Crippen molar-refractivity contribution < 1.29 is 9.90 Å². The smallest absolute Gasteiger partial charge is 0.277 e. The maximum atomic E-state index is 13.1. The van der Waals surface area contributed by atoms with Gasteiger partial charge >= 0.3 is 0 Å². The second kappa shape index (κ2) is 7.85. The Balaban J connectivity index is 1.44. The fraction of sp³-hybridized carbons (Fsp3) is 0.208. The molecule has 0 fully saturated rings. The molecule has 0 radical (unpaired) electrons. The van der Waals surface area contributed by atoms with Crippen LogP contribution in [0.5, 0.6) is 0 Å². The average molecular weight is 414 g/mol. The van der Waals surface area contributed by atoms with Gasteiger partial charge < -0.3 is 15.0 Å². The van der Waals surface area contributed by atoms with E-state index in [1.54, 1.807) is 12.4 Å². The summed E-state index contributed by atoms with van der Waals surface area (Å²) in [6.07, 6.45) is 6.43. The van der Waals surface area contributed by atoms with Gasteiger partial charge in [0.25, 0.3) is 5.56 Å². The van der Waals surface area contributed by atoms with Crippen LogP contribution in [0.4, 0.5) is 5.69 Å². The Morgan fingerprint density at radius 2 is 1.87 bits per heavy atom. The van der Waals surface area contributed by atoms with Gasteiger partial charge in [-0.3, -0.25) is 9.59 Å². The van der Waals surface area contributed by atoms with E-state index in [0.29, 0.717) is 11.3 Å². The van der Waals surface area contributed by atoms with Crippen LogP contribution in [0.15, 0.2) is 65.7 Å². The van der Waals surface area contributed by atoms with Gasteiger partial charge in [0.1, 0.15) is 12.1 Å². The zero-order valence-corrected chi connectivity index (χ0v) is 16.9. The highest BCUT2D eigenvalue weighted by atomic mass is 16.3. The number of hydrogen-bond acceptors (Lipinski definition) is 4. The summed E-state index contributed by atoms with van der Waals surface area (Å²) in [6, 6.07) is 15.4. The van der Waals surface area contributed by atoms with Gasteiger partial charge in [0, 0.05) is 29.2 Å². The van der Waals surface area contributed by atoms with Crippen molar-refractivity contribution in [2.24, 2.45) is 0 Å². The minimum Gasteiger partial charge on any atom is -0.392 e. The van der Waals surface area contributed by atoms with Crippen LogP contribution in [-0.4, -0.2) is 25.2 Å². The summed E-state index contributed by atoms with van der Waals surface area (Å²) in [4.78, 5) is 25.7. The molecule has 2 N–H and O–H groups in total. The van der Waals surface area contributed by atoms with Gasteiger partial charge in [-0.05, 0) is 42.5 Å². The number of aryl methyl sites for hydroxylation is 2. The zero-order chi connectivity index (χ0) is 21.4. The van der Waals surface area contributed by atoms with Crippen molar-refractivity contribution >= 4 is 17.1 Å². The van der Waals surface area contributed by atoms with Crippen LogP contribution in [0, 0.1) is 0 Å². The number of aromatic nitrogens is 3. The number of aliphatic hydroxyl groups is 1. The standard InChI is InChI=1S/C24H22N4O3/c29-15-20-22(17-5-2-1-3-6-17)26-28-12-11-27(24(31)23(20)28)14-21(30)25-19-10-9-16-7-4-8-18(16)13-19/h1-3,5-6,9-13,29H,4,7-8,14-15H2,(H,25,30). The minimum absolute atomic E-state index is 0.122. The van der Waals surface area contributed by atoms with E-state index in [2.05, 4.69) is 16.5 Å². The molecular weight excluding hydrogens is 392 g/mol. The number of carbonyl (C=O) groups is 1. The number of anilines is 1. The molecule has 7 nitrogen and oxygen atoms in total. The van der Waals surface area contributed by atoms with E-state index in [9.17, 15) is 14.7 Å². The maximum absolute atomic E-state index is 13.1. The summed E-state index contributed by atoms with van der Waals surface area (Å²) < 4.78 is 2.80. The highest BCUT2D eigenvalue weighted by Crippen LogP contribution is 2.26. The molecular formula is C24H22N4O3. The van der Waals surface area contributed by atoms with E-state index < -0.39 is 0 Å². The fourth-order valence-corrected chi connectivity index (χ4v) is 4.26. The zero-order valence-electron chi connectivity index (χ0n) is 16.9. The van der Waals surface area contributed by atoms with Gasteiger partial charge in [0.15, 0.2) is 0 Å². The summed E-state index contributed by atoms with van der Waals surface area (Å²) >= 11 is 0. The Hall–Kier alpha value is -3.71. The summed E-state index contributed by atoms with van der Waals surface area (Å²) in [5, 5.41) is 17.3. The molecule has 0 unspecified atom stereocenters. The number of aliphatic hydroxyl groups excluding tert-OH is 1. The largest absolute Gasteiger partial charge is 0.392 e. The number of hydrogen-bond donors (Lipinski definition) is 2. The Labute approximate surface area is 178 Å². The average Bonchev–Trinajstić information content (AvgIpc) is 3.40. The summed E-state index contributed by atoms with van der Waals surface area (Å²) in [5.74, 6) is -0.280. The van der Waals surface area contributed by atoms with Gasteiger partial charge in [-0.2, -0.15) is 5.10 Å². The van der Waals surface area contributed by atoms with Crippen molar-refractivity contribution in [3.8, 4) is 11.3 Å². The third kappa shape index (κ3) is 3.53. The molecule has 0 atom stereocenters. The topological polar surface area (TPSA) is 88.6 Å². The summed E-state index contributed by atoms with van der Waals surface area (Å²) in [5.41, 5.74) is 5.08. The quantitative estimate of drug-likeness (QED) is 0.526. The molecule has 1 amide bonds. The molecule has 2 aromatic carbocycles. The fourth-order valence-electron chi connectivity index (χ4n) is 4.26. The molecule has 7 heteroatoms. The van der Waals surface area contributed by atoms with Crippen molar-refractivity contribution in [1.29, 1.82) is 0 Å². The lowest BCUT2D eigenvalue weighted by molar-refractivity contribution is -0.116. The molecule has 4 aromatic rings. The van der Waals surface area contributed by atoms with Crippen LogP contribution >= 0.6 is 0 Å². The van der Waals surface area contributed by atoms with E-state index >= 15 is 0 Å². The van der Waals surface area contributed by atoms with E-state index in [0.717, 1.165) is 30.5 Å². The van der Waals surface area contributed by atoms with Crippen LogP contribution in [0.2, 0.25) is 0 Å². The van der Waals surface area contributed by atoms with Crippen LogP contribution in [0.1, 0.15) is 23.1 Å². The third-order valence-corrected chi connectivity index (χ3v) is 5.76. The molecule has 2 heterocycles. The van der Waals surface area contributed by atoms with Gasteiger partial charge in [0.2, 0.25) is 5.91 Å². The predicted molar refractivity (Wildman–Crippen MR) is 118 cm³/mol. The number of nitrogens with zero attached hydrogens (tertiary/aromatic N) is 3. The number of nitrogens with one attached hydrogen (secondary N) is 1. The normalized spacial score (nSPS) is 12.8. The highest BCUT2D eigenvalue weighted by molar-refractivity contribution is 5.90. The first-order chi connectivity index (χ1) is 15.1. The van der Waals surface area contributed by atoms with Crippen molar-refractivity contribution in [1.82, 2.24) is 14.2 Å². The van der Waals surface area contributed by atoms with Gasteiger partial charge in [-0.1, -0.05) is 36.4 Å². The van der Waals surface area contributed by atoms with Gasteiger partial charge in [0.05, 0.1) is 12.3 Å². The first-order valence-corrected chi connectivity index (χ1v) is 10.3. The van der Waals surface area contributed by atoms with E-state index in [-0.39, 0.29) is 30.1 Å². The molecule has 5 rings (SSSR count). The molecule has 0 bridgehead atoms. The van der Waals surface area contributed by atoms with Gasteiger partial charge in [-0.25, -0.2) is 4.52 Å². The first kappa shape index (κ1) is 19.3. The van der Waals surface area contributed by atoms with Crippen LogP contribution in [0.3, 0.4) is 0 Å². The van der Waals surface area contributed by atoms with Crippen molar-refractivity contribution in [2.45, 2.75) is 32.4 Å². The first-order valence-electron chi connectivity index (χ1n) is 10.3. The number of benzene rings is 2. The lowest BCUT2D eigenvalue weighted by Crippen LogP contribution is -2.28. The second-order valence-electron chi connectivity index (χ2n) is 7.76. The van der Waals surface area contributed by atoms with E-state index in [1.807, 2.05) is 42.5 Å². The van der Waals surface area contributed by atoms with Crippen LogP contribution in [-0.2, 0) is 30.8 Å². The lowest BCUT2D eigenvalue weighted by atomic mass is 10.1. The minimum atomic E-state index is -0.370. The number of fused-ring (bicyclic) bond motifs is 2. The maximum Gasteiger partial charge on any atom is 0.277 e. The lowest BCUT2D eigenvalue weighted by Gasteiger charge is -2.09. The van der Waals surface area contributed by atoms with Gasteiger partial charge in [-0.15, -0.1) is 0 Å². The number of carbonyl (C=O) groups excluding carboxylic acids is 1. The highest BCUT2D eigenvalue weighted by Gasteiger charge is 2.18. The molecule has 0 aliphatic heterocycles. The molecule has 0 saturated carbocycles. The van der Waals surface area contributed by atoms with Crippen LogP contribution in [0.25, 0.3) is 16.8 Å². The van der Waals surface area contributed by atoms with Crippen molar-refractivity contribution in [2.75, 3.05) is 5.32 Å². The molecule has 0 spiro atoms. The molecule has 1 aliphatic rings. The summed E-state index contributed by atoms with van der Waals surface area (Å²) in [7, 11) is 0. The molecule has 1 aliphatic carbocycles.